The smallest absolute Gasteiger partial charge is 0.253 e. The molecule has 0 aromatic carbocycles. The van der Waals surface area contributed by atoms with Crippen molar-refractivity contribution in [1.29, 1.82) is 0 Å². The fourth-order valence-electron chi connectivity index (χ4n) is 1.21. The van der Waals surface area contributed by atoms with Crippen LogP contribution >= 0.6 is 0 Å². The van der Waals surface area contributed by atoms with Gasteiger partial charge in [0.15, 0.2) is 0 Å². The van der Waals surface area contributed by atoms with Crippen molar-refractivity contribution in [3.8, 4) is 0 Å². The number of nitrogens with zero attached hydrogens (tertiary/aromatic N) is 1. The molecule has 1 heterocycles. The second kappa shape index (κ2) is 4.18. The SMILES string of the molecule is CCOC(C)CN1C(=O)C=CC1=O. The van der Waals surface area contributed by atoms with Crippen molar-refractivity contribution in [3.63, 3.8) is 0 Å². The Hall–Kier alpha value is -1.16. The van der Waals surface area contributed by atoms with Gasteiger partial charge < -0.3 is 4.74 Å². The number of rotatable bonds is 4. The average molecular weight is 183 g/mol. The van der Waals surface area contributed by atoms with Crippen LogP contribution < -0.4 is 0 Å². The quantitative estimate of drug-likeness (QED) is 0.590. The van der Waals surface area contributed by atoms with Crippen molar-refractivity contribution in [2.75, 3.05) is 13.2 Å². The van der Waals surface area contributed by atoms with Crippen LogP contribution in [0.1, 0.15) is 13.8 Å². The van der Waals surface area contributed by atoms with E-state index in [4.69, 9.17) is 4.74 Å². The fraction of sp³-hybridized carbons (Fsp3) is 0.556. The first-order valence-electron chi connectivity index (χ1n) is 4.30. The van der Waals surface area contributed by atoms with E-state index in [2.05, 4.69) is 0 Å². The molecule has 0 fully saturated rings. The molecular formula is C9H13NO3. The first-order chi connectivity index (χ1) is 6.15. The predicted molar refractivity (Wildman–Crippen MR) is 46.9 cm³/mol. The molecular weight excluding hydrogens is 170 g/mol. The highest BCUT2D eigenvalue weighted by atomic mass is 16.5. The monoisotopic (exact) mass is 183 g/mol. The maximum absolute atomic E-state index is 11.1. The third kappa shape index (κ3) is 2.39. The molecule has 1 atom stereocenters. The lowest BCUT2D eigenvalue weighted by atomic mass is 10.3. The zero-order valence-electron chi connectivity index (χ0n) is 7.82. The third-order valence-corrected chi connectivity index (χ3v) is 1.79. The van der Waals surface area contributed by atoms with Crippen molar-refractivity contribution in [1.82, 2.24) is 4.90 Å². The zero-order valence-corrected chi connectivity index (χ0v) is 7.82. The molecule has 0 saturated heterocycles. The Morgan fingerprint density at radius 3 is 2.38 bits per heavy atom. The molecule has 0 spiro atoms. The number of ether oxygens (including phenoxy) is 1. The molecule has 2 amide bonds. The summed E-state index contributed by atoms with van der Waals surface area (Å²) in [5, 5.41) is 0. The van der Waals surface area contributed by atoms with E-state index in [1.807, 2.05) is 13.8 Å². The Morgan fingerprint density at radius 1 is 1.38 bits per heavy atom. The van der Waals surface area contributed by atoms with Gasteiger partial charge in [0.25, 0.3) is 11.8 Å². The van der Waals surface area contributed by atoms with Crippen molar-refractivity contribution in [2.45, 2.75) is 20.0 Å². The second-order valence-electron chi connectivity index (χ2n) is 2.89. The van der Waals surface area contributed by atoms with Gasteiger partial charge in [-0.05, 0) is 13.8 Å². The number of hydrogen-bond acceptors (Lipinski definition) is 3. The summed E-state index contributed by atoms with van der Waals surface area (Å²) in [4.78, 5) is 23.4. The van der Waals surface area contributed by atoms with Gasteiger partial charge in [-0.3, -0.25) is 14.5 Å². The van der Waals surface area contributed by atoms with Crippen LogP contribution in [0.3, 0.4) is 0 Å². The lowest BCUT2D eigenvalue weighted by molar-refractivity contribution is -0.138. The minimum Gasteiger partial charge on any atom is -0.377 e. The number of hydrogen-bond donors (Lipinski definition) is 0. The van der Waals surface area contributed by atoms with E-state index in [1.165, 1.54) is 17.1 Å². The molecule has 13 heavy (non-hydrogen) atoms. The molecule has 1 aliphatic rings. The molecule has 0 bridgehead atoms. The fourth-order valence-corrected chi connectivity index (χ4v) is 1.21. The zero-order chi connectivity index (χ0) is 9.84. The molecule has 1 aliphatic heterocycles. The molecule has 0 radical (unpaired) electrons. The van der Waals surface area contributed by atoms with Crippen molar-refractivity contribution >= 4 is 11.8 Å². The van der Waals surface area contributed by atoms with Gasteiger partial charge in [-0.2, -0.15) is 0 Å². The lowest BCUT2D eigenvalue weighted by Crippen LogP contribution is -2.36. The van der Waals surface area contributed by atoms with E-state index in [-0.39, 0.29) is 17.9 Å². The van der Waals surface area contributed by atoms with Crippen molar-refractivity contribution < 1.29 is 14.3 Å². The standard InChI is InChI=1S/C9H13NO3/c1-3-13-7(2)6-10-8(11)4-5-9(10)12/h4-5,7H,3,6H2,1-2H3. The van der Waals surface area contributed by atoms with E-state index >= 15 is 0 Å². The number of carbonyl (C=O) groups is 2. The highest BCUT2D eigenvalue weighted by Gasteiger charge is 2.24. The molecule has 0 N–H and O–H groups in total. The summed E-state index contributed by atoms with van der Waals surface area (Å²) < 4.78 is 5.23. The highest BCUT2D eigenvalue weighted by molar-refractivity contribution is 6.12. The molecule has 4 heteroatoms. The van der Waals surface area contributed by atoms with Crippen LogP contribution in [0.2, 0.25) is 0 Å². The van der Waals surface area contributed by atoms with Gasteiger partial charge in [-0.1, -0.05) is 0 Å². The Labute approximate surface area is 77.2 Å². The Balaban J connectivity index is 2.45. The predicted octanol–water partition coefficient (Wildman–Crippen LogP) is 0.336. The van der Waals surface area contributed by atoms with Crippen LogP contribution in [0.5, 0.6) is 0 Å². The maximum Gasteiger partial charge on any atom is 0.253 e. The summed E-state index contributed by atoms with van der Waals surface area (Å²) in [6.07, 6.45) is 2.46. The molecule has 1 rings (SSSR count). The van der Waals surface area contributed by atoms with Crippen molar-refractivity contribution in [3.05, 3.63) is 12.2 Å². The molecule has 4 nitrogen and oxygen atoms in total. The normalized spacial score (nSPS) is 18.5. The summed E-state index contributed by atoms with van der Waals surface area (Å²) in [6, 6.07) is 0. The second-order valence-corrected chi connectivity index (χ2v) is 2.89. The van der Waals surface area contributed by atoms with Crippen molar-refractivity contribution in [2.24, 2.45) is 0 Å². The van der Waals surface area contributed by atoms with Crippen LogP contribution in [0, 0.1) is 0 Å². The van der Waals surface area contributed by atoms with Gasteiger partial charge in [-0.15, -0.1) is 0 Å². The molecule has 0 saturated carbocycles. The van der Waals surface area contributed by atoms with Gasteiger partial charge in [0.1, 0.15) is 0 Å². The van der Waals surface area contributed by atoms with E-state index in [9.17, 15) is 9.59 Å². The van der Waals surface area contributed by atoms with Crippen LogP contribution in [-0.4, -0.2) is 36.0 Å². The van der Waals surface area contributed by atoms with Crippen LogP contribution in [0.15, 0.2) is 12.2 Å². The summed E-state index contributed by atoms with van der Waals surface area (Å²) in [5.74, 6) is -0.506. The summed E-state index contributed by atoms with van der Waals surface area (Å²) >= 11 is 0. The summed E-state index contributed by atoms with van der Waals surface area (Å²) in [5.41, 5.74) is 0. The Morgan fingerprint density at radius 2 is 1.92 bits per heavy atom. The molecule has 0 aliphatic carbocycles. The van der Waals surface area contributed by atoms with E-state index in [1.54, 1.807) is 0 Å². The van der Waals surface area contributed by atoms with E-state index < -0.39 is 0 Å². The number of carbonyl (C=O) groups excluding carboxylic acids is 2. The van der Waals surface area contributed by atoms with Crippen LogP contribution in [0.25, 0.3) is 0 Å². The molecule has 1 unspecified atom stereocenters. The summed E-state index contributed by atoms with van der Waals surface area (Å²) in [7, 11) is 0. The van der Waals surface area contributed by atoms with Gasteiger partial charge in [-0.25, -0.2) is 0 Å². The van der Waals surface area contributed by atoms with Crippen LogP contribution in [0.4, 0.5) is 0 Å². The maximum atomic E-state index is 11.1. The van der Waals surface area contributed by atoms with E-state index in [0.29, 0.717) is 13.2 Å². The molecule has 0 aromatic rings. The Kier molecular flexibility index (Phi) is 3.19. The van der Waals surface area contributed by atoms with Gasteiger partial charge >= 0.3 is 0 Å². The van der Waals surface area contributed by atoms with E-state index in [0.717, 1.165) is 0 Å². The molecule has 72 valence electrons. The number of imide groups is 1. The Bertz CT molecular complexity index is 229. The number of amides is 2. The summed E-state index contributed by atoms with van der Waals surface area (Å²) in [6.45, 7) is 4.63. The van der Waals surface area contributed by atoms with Gasteiger partial charge in [0.05, 0.1) is 12.6 Å². The average Bonchev–Trinajstić information content (AvgIpc) is 2.36. The minimum atomic E-state index is -0.253. The first-order valence-corrected chi connectivity index (χ1v) is 4.30. The lowest BCUT2D eigenvalue weighted by Gasteiger charge is -2.18. The molecule has 0 aromatic heterocycles. The third-order valence-electron chi connectivity index (χ3n) is 1.79. The van der Waals surface area contributed by atoms with Gasteiger partial charge in [0.2, 0.25) is 0 Å². The largest absolute Gasteiger partial charge is 0.377 e. The van der Waals surface area contributed by atoms with Gasteiger partial charge in [0, 0.05) is 18.8 Å². The van der Waals surface area contributed by atoms with Crippen LogP contribution in [-0.2, 0) is 14.3 Å². The first kappa shape index (κ1) is 9.92. The topological polar surface area (TPSA) is 46.6 Å². The highest BCUT2D eigenvalue weighted by Crippen LogP contribution is 2.05. The minimum absolute atomic E-state index is 0.0993.